The summed E-state index contributed by atoms with van der Waals surface area (Å²) in [5, 5.41) is 32.1. The predicted octanol–water partition coefficient (Wildman–Crippen LogP) is 2.35. The Morgan fingerprint density at radius 1 is 1.05 bits per heavy atom. The van der Waals surface area contributed by atoms with Crippen molar-refractivity contribution in [3.05, 3.63) is 53.6 Å². The predicted molar refractivity (Wildman–Crippen MR) is 82.2 cm³/mol. The number of benzene rings is 2. The number of aromatic hydroxyl groups is 3. The van der Waals surface area contributed by atoms with E-state index in [9.17, 15) is 20.1 Å². The third kappa shape index (κ3) is 3.35. The van der Waals surface area contributed by atoms with Crippen molar-refractivity contribution in [1.82, 2.24) is 5.43 Å². The molecule has 2 aromatic rings. The summed E-state index contributed by atoms with van der Waals surface area (Å²) in [6.45, 7) is 1.91. The number of hydrogen-bond donors (Lipinski definition) is 4. The number of rotatable bonds is 4. The lowest BCUT2D eigenvalue weighted by atomic mass is 10.1. The van der Waals surface area contributed by atoms with Crippen molar-refractivity contribution in [3.63, 3.8) is 0 Å². The summed E-state index contributed by atoms with van der Waals surface area (Å²) in [6.07, 6.45) is 0.621. The number of carbonyl (C=O) groups is 1. The Balaban J connectivity index is 2.20. The lowest BCUT2D eigenvalue weighted by molar-refractivity contribution is 0.0954. The van der Waals surface area contributed by atoms with Gasteiger partial charge in [-0.1, -0.05) is 37.3 Å². The van der Waals surface area contributed by atoms with Gasteiger partial charge in [-0.3, -0.25) is 4.79 Å². The van der Waals surface area contributed by atoms with Crippen LogP contribution in [-0.2, 0) is 0 Å². The van der Waals surface area contributed by atoms with Gasteiger partial charge in [0.25, 0.3) is 5.91 Å². The molecule has 0 aromatic heterocycles. The van der Waals surface area contributed by atoms with E-state index in [1.54, 1.807) is 0 Å². The first kappa shape index (κ1) is 15.4. The van der Waals surface area contributed by atoms with E-state index in [4.69, 9.17) is 0 Å². The maximum absolute atomic E-state index is 12.0. The average molecular weight is 300 g/mol. The lowest BCUT2D eigenvalue weighted by Gasteiger charge is -2.07. The average Bonchev–Trinajstić information content (AvgIpc) is 2.53. The van der Waals surface area contributed by atoms with Crippen molar-refractivity contribution >= 4 is 11.6 Å². The summed E-state index contributed by atoms with van der Waals surface area (Å²) < 4.78 is 0. The molecular weight excluding hydrogens is 284 g/mol. The third-order valence-electron chi connectivity index (χ3n) is 3.07. The van der Waals surface area contributed by atoms with E-state index in [0.29, 0.717) is 12.1 Å². The van der Waals surface area contributed by atoms with E-state index >= 15 is 0 Å². The normalized spacial score (nSPS) is 11.2. The zero-order valence-corrected chi connectivity index (χ0v) is 11.9. The van der Waals surface area contributed by atoms with Crippen molar-refractivity contribution in [1.29, 1.82) is 0 Å². The summed E-state index contributed by atoms with van der Waals surface area (Å²) in [4.78, 5) is 12.0. The van der Waals surface area contributed by atoms with Gasteiger partial charge in [-0.15, -0.1) is 0 Å². The minimum absolute atomic E-state index is 0.0138. The van der Waals surface area contributed by atoms with E-state index < -0.39 is 23.2 Å². The molecule has 0 aliphatic heterocycles. The van der Waals surface area contributed by atoms with Gasteiger partial charge in [-0.2, -0.15) is 5.10 Å². The second kappa shape index (κ2) is 6.62. The summed E-state index contributed by atoms with van der Waals surface area (Å²) in [6, 6.07) is 11.5. The number of phenols is 3. The zero-order chi connectivity index (χ0) is 16.1. The van der Waals surface area contributed by atoms with Crippen LogP contribution in [0, 0.1) is 0 Å². The highest BCUT2D eigenvalue weighted by molar-refractivity contribution is 6.02. The summed E-state index contributed by atoms with van der Waals surface area (Å²) in [7, 11) is 0. The van der Waals surface area contributed by atoms with Gasteiger partial charge in [0.1, 0.15) is 0 Å². The fraction of sp³-hybridized carbons (Fsp3) is 0.125. The van der Waals surface area contributed by atoms with Gasteiger partial charge in [0.2, 0.25) is 0 Å². The number of hydrogen-bond acceptors (Lipinski definition) is 5. The van der Waals surface area contributed by atoms with Crippen LogP contribution in [0.15, 0.2) is 47.6 Å². The Bertz CT molecular complexity index is 688. The van der Waals surface area contributed by atoms with Crippen molar-refractivity contribution in [3.8, 4) is 17.2 Å². The molecule has 0 saturated carbocycles. The van der Waals surface area contributed by atoms with Crippen LogP contribution in [0.4, 0.5) is 0 Å². The zero-order valence-electron chi connectivity index (χ0n) is 11.9. The minimum Gasteiger partial charge on any atom is -0.504 e. The lowest BCUT2D eigenvalue weighted by Crippen LogP contribution is -2.19. The molecule has 0 atom stereocenters. The van der Waals surface area contributed by atoms with Crippen molar-refractivity contribution in [2.45, 2.75) is 13.3 Å². The van der Waals surface area contributed by atoms with E-state index in [-0.39, 0.29) is 5.56 Å². The Kier molecular flexibility index (Phi) is 4.63. The topological polar surface area (TPSA) is 102 Å². The molecule has 0 radical (unpaired) electrons. The van der Waals surface area contributed by atoms with E-state index in [1.165, 1.54) is 0 Å². The molecule has 0 heterocycles. The Labute approximate surface area is 127 Å². The van der Waals surface area contributed by atoms with E-state index in [0.717, 1.165) is 17.7 Å². The number of nitrogens with zero attached hydrogens (tertiary/aromatic N) is 1. The largest absolute Gasteiger partial charge is 0.504 e. The first-order valence-electron chi connectivity index (χ1n) is 6.70. The Hall–Kier alpha value is -3.02. The molecule has 114 valence electrons. The van der Waals surface area contributed by atoms with Gasteiger partial charge in [0.05, 0.1) is 5.71 Å². The quantitative estimate of drug-likeness (QED) is 0.395. The van der Waals surface area contributed by atoms with Crippen molar-refractivity contribution < 1.29 is 20.1 Å². The van der Waals surface area contributed by atoms with E-state index in [1.807, 2.05) is 37.3 Å². The maximum atomic E-state index is 12.0. The number of nitrogens with one attached hydrogen (secondary N) is 1. The fourth-order valence-electron chi connectivity index (χ4n) is 1.90. The monoisotopic (exact) mass is 300 g/mol. The maximum Gasteiger partial charge on any atom is 0.271 e. The highest BCUT2D eigenvalue weighted by atomic mass is 16.3. The molecule has 0 saturated heterocycles. The summed E-state index contributed by atoms with van der Waals surface area (Å²) in [5.74, 6) is -2.42. The van der Waals surface area contributed by atoms with Crippen LogP contribution in [-0.4, -0.2) is 26.9 Å². The first-order valence-corrected chi connectivity index (χ1v) is 6.70. The molecule has 0 spiro atoms. The highest BCUT2D eigenvalue weighted by Crippen LogP contribution is 2.35. The summed E-state index contributed by atoms with van der Waals surface area (Å²) in [5.41, 5.74) is 3.94. The number of carbonyl (C=O) groups excluding carboxylic acids is 1. The molecule has 2 rings (SSSR count). The van der Waals surface area contributed by atoms with Gasteiger partial charge in [0, 0.05) is 5.56 Å². The molecule has 0 fully saturated rings. The highest BCUT2D eigenvalue weighted by Gasteiger charge is 2.13. The molecular formula is C16H16N2O4. The third-order valence-corrected chi connectivity index (χ3v) is 3.07. The number of hydrazone groups is 1. The molecule has 4 N–H and O–H groups in total. The smallest absolute Gasteiger partial charge is 0.271 e. The fourth-order valence-corrected chi connectivity index (χ4v) is 1.90. The Morgan fingerprint density at radius 3 is 2.18 bits per heavy atom. The van der Waals surface area contributed by atoms with Crippen LogP contribution in [0.25, 0.3) is 0 Å². The second-order valence-electron chi connectivity index (χ2n) is 4.58. The molecule has 0 aliphatic carbocycles. The molecule has 2 aromatic carbocycles. The van der Waals surface area contributed by atoms with Crippen molar-refractivity contribution in [2.75, 3.05) is 0 Å². The van der Waals surface area contributed by atoms with Crippen molar-refractivity contribution in [2.24, 2.45) is 5.10 Å². The van der Waals surface area contributed by atoms with Gasteiger partial charge in [-0.05, 0) is 24.1 Å². The van der Waals surface area contributed by atoms with Crippen LogP contribution in [0.3, 0.4) is 0 Å². The van der Waals surface area contributed by atoms with Gasteiger partial charge in [-0.25, -0.2) is 5.43 Å². The molecule has 6 nitrogen and oxygen atoms in total. The van der Waals surface area contributed by atoms with Gasteiger partial charge >= 0.3 is 0 Å². The number of amides is 1. The van der Waals surface area contributed by atoms with Gasteiger partial charge < -0.3 is 15.3 Å². The molecule has 6 heteroatoms. The minimum atomic E-state index is -0.668. The summed E-state index contributed by atoms with van der Waals surface area (Å²) >= 11 is 0. The van der Waals surface area contributed by atoms with Crippen LogP contribution in [0.5, 0.6) is 17.2 Å². The Morgan fingerprint density at radius 2 is 1.64 bits per heavy atom. The van der Waals surface area contributed by atoms with Crippen LogP contribution >= 0.6 is 0 Å². The number of phenolic OH excluding ortho intramolecular Hbond substituents is 3. The molecule has 22 heavy (non-hydrogen) atoms. The first-order chi connectivity index (χ1) is 10.5. The SMILES string of the molecule is CC/C(=N\NC(=O)c1cc(O)c(O)c(O)c1)c1ccccc1. The molecule has 0 aliphatic rings. The van der Waals surface area contributed by atoms with Crippen LogP contribution in [0.2, 0.25) is 0 Å². The van der Waals surface area contributed by atoms with Crippen LogP contribution < -0.4 is 5.43 Å². The molecule has 0 bridgehead atoms. The second-order valence-corrected chi connectivity index (χ2v) is 4.58. The van der Waals surface area contributed by atoms with Gasteiger partial charge in [0.15, 0.2) is 17.2 Å². The molecule has 0 unspecified atom stereocenters. The van der Waals surface area contributed by atoms with Crippen LogP contribution in [0.1, 0.15) is 29.3 Å². The standard InChI is InChI=1S/C16H16N2O4/c1-2-12(10-6-4-3-5-7-10)17-18-16(22)11-8-13(19)15(21)14(20)9-11/h3-9,19-21H,2H2,1H3,(H,18,22)/b17-12+. The molecule has 1 amide bonds. The van der Waals surface area contributed by atoms with E-state index in [2.05, 4.69) is 10.5 Å².